The van der Waals surface area contributed by atoms with Crippen molar-refractivity contribution in [3.05, 3.63) is 95.3 Å². The highest BCUT2D eigenvalue weighted by Gasteiger charge is 2.88. The number of Topliss-reactive ketones (excluding diaryl/α,β-unsaturated/α-hetero) is 1. The van der Waals surface area contributed by atoms with E-state index in [9.17, 15) is 18.8 Å². The molecule has 160 valence electrons. The summed E-state index contributed by atoms with van der Waals surface area (Å²) in [6, 6.07) is 19.2. The predicted octanol–water partition coefficient (Wildman–Crippen LogP) is 4.66. The second-order valence-electron chi connectivity index (χ2n) is 8.53. The van der Waals surface area contributed by atoms with Crippen LogP contribution in [0.2, 0.25) is 0 Å². The predicted molar refractivity (Wildman–Crippen MR) is 116 cm³/mol. The molecule has 0 saturated heterocycles. The molecule has 2 aliphatic rings. The maximum atomic E-state index is 13.7. The van der Waals surface area contributed by atoms with Crippen molar-refractivity contribution < 1.29 is 23.5 Å². The van der Waals surface area contributed by atoms with Crippen LogP contribution in [-0.2, 0) is 9.59 Å². The zero-order valence-electron chi connectivity index (χ0n) is 17.5. The lowest BCUT2D eigenvalue weighted by Gasteiger charge is -2.23. The van der Waals surface area contributed by atoms with Gasteiger partial charge in [0.05, 0.1) is 5.41 Å². The molecule has 1 fully saturated rings. The zero-order chi connectivity index (χ0) is 22.7. The normalized spacial score (nSPS) is 25.2. The largest absolute Gasteiger partial charge is 0.425 e. The lowest BCUT2D eigenvalue weighted by molar-refractivity contribution is -0.147. The van der Waals surface area contributed by atoms with Gasteiger partial charge in [-0.25, -0.2) is 4.39 Å². The van der Waals surface area contributed by atoms with Gasteiger partial charge in [0.1, 0.15) is 11.6 Å². The minimum atomic E-state index is -1.72. The number of rotatable bonds is 4. The number of para-hydroxylation sites is 1. The van der Waals surface area contributed by atoms with Gasteiger partial charge in [-0.05, 0) is 56.3 Å². The van der Waals surface area contributed by atoms with E-state index in [4.69, 9.17) is 4.74 Å². The number of fused-ring (bicyclic) bond motifs is 3. The standard InChI is InChI=1S/C26H20FNO4/c1-15-7-13-18(14-8-15)28-23(30)26-21(19-5-3-4-6-20(19)32-24(26)31)25(26,2)22(29)16-9-11-17(27)12-10-16/h3-14,21H,1-2H3,(H,28,30)/t21-,25-,26+/m1/s1. The minimum Gasteiger partial charge on any atom is -0.425 e. The zero-order valence-corrected chi connectivity index (χ0v) is 17.5. The molecule has 0 spiro atoms. The van der Waals surface area contributed by atoms with E-state index in [2.05, 4.69) is 5.32 Å². The Hall–Kier alpha value is -3.80. The van der Waals surface area contributed by atoms with Crippen molar-refractivity contribution in [1.29, 1.82) is 0 Å². The summed E-state index contributed by atoms with van der Waals surface area (Å²) >= 11 is 0. The molecule has 1 heterocycles. The van der Waals surface area contributed by atoms with E-state index >= 15 is 0 Å². The van der Waals surface area contributed by atoms with Crippen LogP contribution in [-0.4, -0.2) is 17.7 Å². The van der Waals surface area contributed by atoms with Gasteiger partial charge in [-0.2, -0.15) is 0 Å². The number of nitrogens with one attached hydrogen (secondary N) is 1. The highest BCUT2D eigenvalue weighted by atomic mass is 19.1. The molecule has 1 N–H and O–H groups in total. The van der Waals surface area contributed by atoms with Crippen LogP contribution in [0.5, 0.6) is 5.75 Å². The average Bonchev–Trinajstić information content (AvgIpc) is 3.39. The number of hydrogen-bond donors (Lipinski definition) is 1. The highest BCUT2D eigenvalue weighted by Crippen LogP contribution is 2.78. The van der Waals surface area contributed by atoms with Gasteiger partial charge in [-0.3, -0.25) is 14.4 Å². The molecule has 5 nitrogen and oxygen atoms in total. The third kappa shape index (κ3) is 2.59. The Balaban J connectivity index is 1.62. The van der Waals surface area contributed by atoms with Crippen molar-refractivity contribution in [2.75, 3.05) is 5.32 Å². The maximum absolute atomic E-state index is 13.7. The summed E-state index contributed by atoms with van der Waals surface area (Å²) in [6.45, 7) is 3.54. The Labute approximate surface area is 184 Å². The van der Waals surface area contributed by atoms with Crippen LogP contribution in [0.1, 0.15) is 34.3 Å². The summed E-state index contributed by atoms with van der Waals surface area (Å²) in [5.41, 5.74) is -0.710. The van der Waals surface area contributed by atoms with E-state index in [0.717, 1.165) is 5.56 Å². The summed E-state index contributed by atoms with van der Waals surface area (Å²) < 4.78 is 19.0. The molecule has 1 amide bonds. The molecular formula is C26H20FNO4. The van der Waals surface area contributed by atoms with Gasteiger partial charge >= 0.3 is 5.97 Å². The van der Waals surface area contributed by atoms with Crippen LogP contribution in [0.25, 0.3) is 0 Å². The fourth-order valence-electron chi connectivity index (χ4n) is 5.02. The topological polar surface area (TPSA) is 72.5 Å². The van der Waals surface area contributed by atoms with E-state index in [1.807, 2.05) is 19.1 Å². The third-order valence-electron chi connectivity index (χ3n) is 6.75. The van der Waals surface area contributed by atoms with Crippen LogP contribution >= 0.6 is 0 Å². The fraction of sp³-hybridized carbons (Fsp3) is 0.192. The first-order valence-electron chi connectivity index (χ1n) is 10.3. The molecule has 3 aromatic rings. The number of carbonyl (C=O) groups is 3. The van der Waals surface area contributed by atoms with Gasteiger partial charge in [0, 0.05) is 22.7 Å². The average molecular weight is 429 g/mol. The third-order valence-corrected chi connectivity index (χ3v) is 6.75. The van der Waals surface area contributed by atoms with Crippen molar-refractivity contribution in [1.82, 2.24) is 0 Å². The Bertz CT molecular complexity index is 1270. The molecule has 0 bridgehead atoms. The number of ether oxygens (including phenoxy) is 1. The van der Waals surface area contributed by atoms with E-state index < -0.39 is 40.2 Å². The molecule has 32 heavy (non-hydrogen) atoms. The van der Waals surface area contributed by atoms with Crippen molar-refractivity contribution in [3.8, 4) is 5.75 Å². The maximum Gasteiger partial charge on any atom is 0.328 e. The Morgan fingerprint density at radius 1 is 0.969 bits per heavy atom. The Morgan fingerprint density at radius 3 is 2.31 bits per heavy atom. The number of hydrogen-bond acceptors (Lipinski definition) is 4. The Kier molecular flexibility index (Phi) is 4.31. The molecule has 0 aromatic heterocycles. The van der Waals surface area contributed by atoms with Crippen LogP contribution in [0.4, 0.5) is 10.1 Å². The van der Waals surface area contributed by atoms with Crippen LogP contribution in [0, 0.1) is 23.6 Å². The molecule has 5 rings (SSSR count). The monoisotopic (exact) mass is 429 g/mol. The SMILES string of the molecule is Cc1ccc(NC(=O)[C@]23C(=O)Oc4ccccc4[C@@H]2[C@]3(C)C(=O)c2ccc(F)cc2)cc1. The summed E-state index contributed by atoms with van der Waals surface area (Å²) in [4.78, 5) is 40.6. The fourth-order valence-corrected chi connectivity index (χ4v) is 5.02. The molecule has 1 aliphatic carbocycles. The molecule has 3 aromatic carbocycles. The summed E-state index contributed by atoms with van der Waals surface area (Å²) in [6.07, 6.45) is 0. The summed E-state index contributed by atoms with van der Waals surface area (Å²) in [5, 5.41) is 2.80. The summed E-state index contributed by atoms with van der Waals surface area (Å²) in [7, 11) is 0. The van der Waals surface area contributed by atoms with Gasteiger partial charge in [-0.1, -0.05) is 35.9 Å². The van der Waals surface area contributed by atoms with Crippen molar-refractivity contribution >= 4 is 23.3 Å². The van der Waals surface area contributed by atoms with Gasteiger partial charge in [0.2, 0.25) is 5.91 Å². The number of esters is 1. The molecule has 3 atom stereocenters. The van der Waals surface area contributed by atoms with Gasteiger partial charge in [-0.15, -0.1) is 0 Å². The van der Waals surface area contributed by atoms with Crippen molar-refractivity contribution in [2.45, 2.75) is 19.8 Å². The highest BCUT2D eigenvalue weighted by molar-refractivity contribution is 6.23. The van der Waals surface area contributed by atoms with Crippen LogP contribution in [0.3, 0.4) is 0 Å². The number of amides is 1. The number of halogens is 1. The van der Waals surface area contributed by atoms with Crippen LogP contribution in [0.15, 0.2) is 72.8 Å². The number of benzene rings is 3. The Morgan fingerprint density at radius 2 is 1.62 bits per heavy atom. The molecular weight excluding hydrogens is 409 g/mol. The molecule has 0 unspecified atom stereocenters. The van der Waals surface area contributed by atoms with Crippen molar-refractivity contribution in [3.63, 3.8) is 0 Å². The van der Waals surface area contributed by atoms with Gasteiger partial charge < -0.3 is 10.1 Å². The lowest BCUT2D eigenvalue weighted by atomic mass is 9.86. The first-order valence-corrected chi connectivity index (χ1v) is 10.3. The first kappa shape index (κ1) is 20.1. The van der Waals surface area contributed by atoms with Crippen molar-refractivity contribution in [2.24, 2.45) is 10.8 Å². The van der Waals surface area contributed by atoms with Gasteiger partial charge in [0.25, 0.3) is 0 Å². The number of carbonyl (C=O) groups excluding carboxylic acids is 3. The van der Waals surface area contributed by atoms with E-state index in [0.29, 0.717) is 17.0 Å². The number of ketones is 1. The van der Waals surface area contributed by atoms with E-state index in [-0.39, 0.29) is 5.56 Å². The molecule has 6 heteroatoms. The molecule has 1 aliphatic heterocycles. The smallest absolute Gasteiger partial charge is 0.328 e. The second-order valence-corrected chi connectivity index (χ2v) is 8.53. The molecule has 1 saturated carbocycles. The van der Waals surface area contributed by atoms with Crippen LogP contribution < -0.4 is 10.1 Å². The minimum absolute atomic E-state index is 0.232. The quantitative estimate of drug-likeness (QED) is 0.283. The molecule has 0 radical (unpaired) electrons. The number of aryl methyl sites for hydroxylation is 1. The van der Waals surface area contributed by atoms with Gasteiger partial charge in [0.15, 0.2) is 11.2 Å². The number of anilines is 1. The summed E-state index contributed by atoms with van der Waals surface area (Å²) in [5.74, 6) is -2.59. The van der Waals surface area contributed by atoms with E-state index in [1.165, 1.54) is 24.3 Å². The second kappa shape index (κ2) is 6.85. The lowest BCUT2D eigenvalue weighted by Crippen LogP contribution is -2.42. The first-order chi connectivity index (χ1) is 15.3. The van der Waals surface area contributed by atoms with E-state index in [1.54, 1.807) is 43.3 Å².